The summed E-state index contributed by atoms with van der Waals surface area (Å²) in [6.45, 7) is 2.79. The highest BCUT2D eigenvalue weighted by Gasteiger charge is 2.14. The molecule has 1 unspecified atom stereocenters. The highest BCUT2D eigenvalue weighted by molar-refractivity contribution is 5.94. The van der Waals surface area contributed by atoms with Crippen molar-refractivity contribution in [3.63, 3.8) is 0 Å². The van der Waals surface area contributed by atoms with Crippen molar-refractivity contribution in [2.75, 3.05) is 6.54 Å². The molecule has 24 heavy (non-hydrogen) atoms. The monoisotopic (exact) mass is 325 g/mol. The Morgan fingerprint density at radius 3 is 2.42 bits per heavy atom. The number of carbonyl (C=O) groups excluding carboxylic acids is 2. The van der Waals surface area contributed by atoms with Crippen LogP contribution in [0.15, 0.2) is 54.6 Å². The van der Waals surface area contributed by atoms with Gasteiger partial charge in [0.05, 0.1) is 6.04 Å². The smallest absolute Gasteiger partial charge is 0.251 e. The first-order valence-electron chi connectivity index (χ1n) is 8.04. The molecule has 0 fully saturated rings. The summed E-state index contributed by atoms with van der Waals surface area (Å²) in [5, 5.41) is 5.57. The van der Waals surface area contributed by atoms with Crippen molar-refractivity contribution >= 4 is 11.8 Å². The van der Waals surface area contributed by atoms with Gasteiger partial charge in [0.25, 0.3) is 5.91 Å². The lowest BCUT2D eigenvalue weighted by Crippen LogP contribution is -2.41. The highest BCUT2D eigenvalue weighted by Crippen LogP contribution is 2.06. The average molecular weight is 325 g/mol. The lowest BCUT2D eigenvalue weighted by Gasteiger charge is -2.13. The fourth-order valence-electron chi connectivity index (χ4n) is 2.37. The third-order valence-electron chi connectivity index (χ3n) is 3.63. The minimum atomic E-state index is -0.598. The van der Waals surface area contributed by atoms with Crippen LogP contribution in [0.2, 0.25) is 0 Å². The van der Waals surface area contributed by atoms with Gasteiger partial charge in [-0.15, -0.1) is 0 Å². The van der Waals surface area contributed by atoms with E-state index in [1.807, 2.05) is 43.3 Å². The maximum absolute atomic E-state index is 12.1. The van der Waals surface area contributed by atoms with Crippen LogP contribution in [0, 0.1) is 0 Å². The molecule has 2 aromatic rings. The molecule has 5 heteroatoms. The van der Waals surface area contributed by atoms with Crippen molar-refractivity contribution < 1.29 is 9.59 Å². The van der Waals surface area contributed by atoms with Crippen LogP contribution in [0.3, 0.4) is 0 Å². The molecule has 126 valence electrons. The average Bonchev–Trinajstić information content (AvgIpc) is 2.61. The van der Waals surface area contributed by atoms with Gasteiger partial charge in [0.1, 0.15) is 0 Å². The molecule has 0 aliphatic carbocycles. The molecule has 0 heterocycles. The molecule has 0 saturated carbocycles. The van der Waals surface area contributed by atoms with Crippen LogP contribution in [0.25, 0.3) is 0 Å². The maximum atomic E-state index is 12.1. The zero-order valence-corrected chi connectivity index (χ0v) is 13.8. The quantitative estimate of drug-likeness (QED) is 0.723. The second kappa shape index (κ2) is 8.84. The SMILES string of the molecule is CCNC(=O)c1cccc(CNC(=O)C(N)Cc2ccccc2)c1. The molecule has 2 amide bonds. The predicted octanol–water partition coefficient (Wildman–Crippen LogP) is 1.62. The van der Waals surface area contributed by atoms with Crippen molar-refractivity contribution in [2.24, 2.45) is 5.73 Å². The van der Waals surface area contributed by atoms with Gasteiger partial charge in [-0.25, -0.2) is 0 Å². The summed E-state index contributed by atoms with van der Waals surface area (Å²) in [5.74, 6) is -0.325. The van der Waals surface area contributed by atoms with Crippen molar-refractivity contribution in [1.82, 2.24) is 10.6 Å². The van der Waals surface area contributed by atoms with Crippen LogP contribution in [0.4, 0.5) is 0 Å². The second-order valence-corrected chi connectivity index (χ2v) is 5.57. The van der Waals surface area contributed by atoms with E-state index in [1.54, 1.807) is 18.2 Å². The summed E-state index contributed by atoms with van der Waals surface area (Å²) in [7, 11) is 0. The highest BCUT2D eigenvalue weighted by atomic mass is 16.2. The van der Waals surface area contributed by atoms with Gasteiger partial charge in [0.2, 0.25) is 5.91 Å². The number of rotatable bonds is 7. The molecule has 0 saturated heterocycles. The molecule has 4 N–H and O–H groups in total. The zero-order valence-electron chi connectivity index (χ0n) is 13.8. The number of hydrogen-bond donors (Lipinski definition) is 3. The van der Waals surface area contributed by atoms with E-state index >= 15 is 0 Å². The van der Waals surface area contributed by atoms with Gasteiger partial charge >= 0.3 is 0 Å². The van der Waals surface area contributed by atoms with E-state index in [-0.39, 0.29) is 11.8 Å². The van der Waals surface area contributed by atoms with Crippen LogP contribution in [0.5, 0.6) is 0 Å². The van der Waals surface area contributed by atoms with Gasteiger partial charge in [-0.05, 0) is 36.6 Å². The van der Waals surface area contributed by atoms with Crippen molar-refractivity contribution in [2.45, 2.75) is 25.9 Å². The third kappa shape index (κ3) is 5.21. The second-order valence-electron chi connectivity index (χ2n) is 5.57. The van der Waals surface area contributed by atoms with E-state index in [0.717, 1.165) is 11.1 Å². The Balaban J connectivity index is 1.89. The maximum Gasteiger partial charge on any atom is 0.251 e. The van der Waals surface area contributed by atoms with Crippen molar-refractivity contribution in [3.8, 4) is 0 Å². The van der Waals surface area contributed by atoms with E-state index < -0.39 is 6.04 Å². The van der Waals surface area contributed by atoms with E-state index in [4.69, 9.17) is 5.73 Å². The topological polar surface area (TPSA) is 84.2 Å². The van der Waals surface area contributed by atoms with Gasteiger partial charge in [-0.3, -0.25) is 9.59 Å². The Morgan fingerprint density at radius 1 is 1.00 bits per heavy atom. The van der Waals surface area contributed by atoms with Gasteiger partial charge in [-0.1, -0.05) is 42.5 Å². The standard InChI is InChI=1S/C19H23N3O2/c1-2-21-18(23)16-10-6-9-15(11-16)13-22-19(24)17(20)12-14-7-4-3-5-8-14/h3-11,17H,2,12-13,20H2,1H3,(H,21,23)(H,22,24). The van der Waals surface area contributed by atoms with Crippen LogP contribution < -0.4 is 16.4 Å². The summed E-state index contributed by atoms with van der Waals surface area (Å²) in [4.78, 5) is 24.0. The Kier molecular flexibility index (Phi) is 6.51. The predicted molar refractivity (Wildman–Crippen MR) is 94.4 cm³/mol. The summed E-state index contributed by atoms with van der Waals surface area (Å²) < 4.78 is 0. The largest absolute Gasteiger partial charge is 0.352 e. The Hall–Kier alpha value is -2.66. The van der Waals surface area contributed by atoms with Crippen LogP contribution in [-0.4, -0.2) is 24.4 Å². The fraction of sp³-hybridized carbons (Fsp3) is 0.263. The lowest BCUT2D eigenvalue weighted by atomic mass is 10.1. The molecular formula is C19H23N3O2. The Labute approximate surface area is 142 Å². The molecule has 0 bridgehead atoms. The molecule has 2 aromatic carbocycles. The molecule has 5 nitrogen and oxygen atoms in total. The van der Waals surface area contributed by atoms with Crippen molar-refractivity contribution in [3.05, 3.63) is 71.3 Å². The summed E-state index contributed by atoms with van der Waals surface area (Å²) in [6, 6.07) is 16.3. The Morgan fingerprint density at radius 2 is 1.71 bits per heavy atom. The van der Waals surface area contributed by atoms with Crippen molar-refractivity contribution in [1.29, 1.82) is 0 Å². The molecular weight excluding hydrogens is 302 g/mol. The number of hydrogen-bond acceptors (Lipinski definition) is 3. The van der Waals surface area contributed by atoms with E-state index in [2.05, 4.69) is 10.6 Å². The van der Waals surface area contributed by atoms with Gasteiger partial charge in [-0.2, -0.15) is 0 Å². The molecule has 1 atom stereocenters. The molecule has 0 aromatic heterocycles. The third-order valence-corrected chi connectivity index (χ3v) is 3.63. The molecule has 0 aliphatic heterocycles. The lowest BCUT2D eigenvalue weighted by molar-refractivity contribution is -0.122. The number of nitrogens with one attached hydrogen (secondary N) is 2. The minimum Gasteiger partial charge on any atom is -0.352 e. The summed E-state index contributed by atoms with van der Waals surface area (Å²) in [6.07, 6.45) is 0.492. The zero-order chi connectivity index (χ0) is 17.4. The Bertz CT molecular complexity index is 686. The first-order valence-corrected chi connectivity index (χ1v) is 8.04. The number of amides is 2. The molecule has 0 spiro atoms. The van der Waals surface area contributed by atoms with Crippen LogP contribution in [0.1, 0.15) is 28.4 Å². The number of carbonyl (C=O) groups is 2. The molecule has 0 aliphatic rings. The summed E-state index contributed by atoms with van der Waals surface area (Å²) in [5.41, 5.74) is 8.42. The van der Waals surface area contributed by atoms with E-state index in [9.17, 15) is 9.59 Å². The van der Waals surface area contributed by atoms with E-state index in [1.165, 1.54) is 0 Å². The first kappa shape index (κ1) is 17.7. The summed E-state index contributed by atoms with van der Waals surface area (Å²) >= 11 is 0. The van der Waals surface area contributed by atoms with Crippen LogP contribution in [-0.2, 0) is 17.8 Å². The van der Waals surface area contributed by atoms with E-state index in [0.29, 0.717) is 25.1 Å². The normalized spacial score (nSPS) is 11.6. The van der Waals surface area contributed by atoms with Gasteiger partial charge < -0.3 is 16.4 Å². The van der Waals surface area contributed by atoms with Gasteiger partial charge in [0.15, 0.2) is 0 Å². The van der Waals surface area contributed by atoms with Crippen LogP contribution >= 0.6 is 0 Å². The number of nitrogens with two attached hydrogens (primary N) is 1. The molecule has 2 rings (SSSR count). The minimum absolute atomic E-state index is 0.119. The van der Waals surface area contributed by atoms with Gasteiger partial charge in [0, 0.05) is 18.7 Å². The molecule has 0 radical (unpaired) electrons. The number of benzene rings is 2. The fourth-order valence-corrected chi connectivity index (χ4v) is 2.37. The first-order chi connectivity index (χ1) is 11.6.